The first-order valence-electron chi connectivity index (χ1n) is 6.05. The van der Waals surface area contributed by atoms with Crippen molar-refractivity contribution in [2.24, 2.45) is 5.73 Å². The van der Waals surface area contributed by atoms with Crippen molar-refractivity contribution in [3.8, 4) is 0 Å². The van der Waals surface area contributed by atoms with E-state index in [1.54, 1.807) is 6.07 Å². The first-order valence-corrected chi connectivity index (χ1v) is 6.84. The molecule has 0 unspecified atom stereocenters. The van der Waals surface area contributed by atoms with Gasteiger partial charge in [0.1, 0.15) is 5.82 Å². The second kappa shape index (κ2) is 5.36. The van der Waals surface area contributed by atoms with Crippen LogP contribution < -0.4 is 11.1 Å². The van der Waals surface area contributed by atoms with Gasteiger partial charge in [-0.2, -0.15) is 0 Å². The third-order valence-corrected chi connectivity index (χ3v) is 4.33. The maximum atomic E-state index is 13.4. The molecule has 98 valence electrons. The summed E-state index contributed by atoms with van der Waals surface area (Å²) in [5.74, 6) is -0.704. The van der Waals surface area contributed by atoms with Gasteiger partial charge in [0.05, 0.1) is 15.6 Å². The molecule has 0 bridgehead atoms. The van der Waals surface area contributed by atoms with Crippen molar-refractivity contribution in [3.63, 3.8) is 0 Å². The van der Waals surface area contributed by atoms with Crippen molar-refractivity contribution >= 4 is 21.8 Å². The largest absolute Gasteiger partial charge is 0.345 e. The summed E-state index contributed by atoms with van der Waals surface area (Å²) in [6.45, 7) is 0.422. The number of nitrogens with one attached hydrogen (secondary N) is 1. The molecule has 0 aliphatic heterocycles. The molecule has 1 aromatic rings. The quantitative estimate of drug-likeness (QED) is 0.901. The van der Waals surface area contributed by atoms with Crippen LogP contribution in [0.1, 0.15) is 36.0 Å². The zero-order chi connectivity index (χ0) is 13.2. The number of hydrogen-bond donors (Lipinski definition) is 2. The molecule has 1 aliphatic rings. The van der Waals surface area contributed by atoms with Crippen molar-refractivity contribution in [2.75, 3.05) is 6.54 Å². The maximum Gasteiger partial charge on any atom is 0.253 e. The standard InChI is InChI=1S/C13H16BrFN2O/c14-11-9(4-3-5-10(11)15)12(18)17-13(8-16)6-1-2-7-13/h3-5H,1-2,6-8,16H2,(H,17,18). The predicted octanol–water partition coefficient (Wildman–Crippen LogP) is 2.59. The Hall–Kier alpha value is -0.940. The molecule has 2 rings (SSSR count). The highest BCUT2D eigenvalue weighted by Crippen LogP contribution is 2.29. The van der Waals surface area contributed by atoms with E-state index in [9.17, 15) is 9.18 Å². The number of hydrogen-bond acceptors (Lipinski definition) is 2. The number of halogens is 2. The van der Waals surface area contributed by atoms with Crippen LogP contribution in [0.5, 0.6) is 0 Å². The van der Waals surface area contributed by atoms with E-state index in [1.165, 1.54) is 12.1 Å². The molecule has 0 atom stereocenters. The zero-order valence-electron chi connectivity index (χ0n) is 10.0. The molecule has 3 nitrogen and oxygen atoms in total. The summed E-state index contributed by atoms with van der Waals surface area (Å²) in [5, 5.41) is 2.97. The fourth-order valence-electron chi connectivity index (χ4n) is 2.42. The summed E-state index contributed by atoms with van der Waals surface area (Å²) in [7, 11) is 0. The Morgan fingerprint density at radius 1 is 1.44 bits per heavy atom. The Balaban J connectivity index is 2.19. The second-order valence-corrected chi connectivity index (χ2v) is 5.54. The van der Waals surface area contributed by atoms with Gasteiger partial charge in [-0.1, -0.05) is 18.9 Å². The maximum absolute atomic E-state index is 13.4. The van der Waals surface area contributed by atoms with E-state index in [0.717, 1.165) is 25.7 Å². The molecule has 1 amide bonds. The van der Waals surface area contributed by atoms with Crippen molar-refractivity contribution in [1.29, 1.82) is 0 Å². The molecule has 18 heavy (non-hydrogen) atoms. The third-order valence-electron chi connectivity index (χ3n) is 3.53. The van der Waals surface area contributed by atoms with Gasteiger partial charge >= 0.3 is 0 Å². The summed E-state index contributed by atoms with van der Waals surface area (Å²) < 4.78 is 13.6. The first kappa shape index (κ1) is 13.5. The molecule has 1 fully saturated rings. The van der Waals surface area contributed by atoms with Gasteiger partial charge in [0.2, 0.25) is 0 Å². The minimum Gasteiger partial charge on any atom is -0.345 e. The summed E-state index contributed by atoms with van der Waals surface area (Å²) in [6.07, 6.45) is 3.92. The van der Waals surface area contributed by atoms with Crippen molar-refractivity contribution in [1.82, 2.24) is 5.32 Å². The summed E-state index contributed by atoms with van der Waals surface area (Å²) in [4.78, 5) is 12.2. The lowest BCUT2D eigenvalue weighted by atomic mass is 9.97. The highest BCUT2D eigenvalue weighted by molar-refractivity contribution is 9.10. The lowest BCUT2D eigenvalue weighted by Crippen LogP contribution is -2.51. The number of nitrogens with two attached hydrogens (primary N) is 1. The summed E-state index contributed by atoms with van der Waals surface area (Å²) >= 11 is 3.10. The van der Waals surface area contributed by atoms with Crippen LogP contribution in [0.4, 0.5) is 4.39 Å². The monoisotopic (exact) mass is 314 g/mol. The minimum absolute atomic E-state index is 0.202. The SMILES string of the molecule is NCC1(NC(=O)c2cccc(F)c2Br)CCCC1. The smallest absolute Gasteiger partial charge is 0.253 e. The lowest BCUT2D eigenvalue weighted by molar-refractivity contribution is 0.0901. The Kier molecular flexibility index (Phi) is 4.02. The van der Waals surface area contributed by atoms with Crippen LogP contribution in [0.15, 0.2) is 22.7 Å². The van der Waals surface area contributed by atoms with Gasteiger partial charge in [0, 0.05) is 6.54 Å². The van der Waals surface area contributed by atoms with Crippen LogP contribution >= 0.6 is 15.9 Å². The number of benzene rings is 1. The Labute approximate surface area is 114 Å². The van der Waals surface area contributed by atoms with Crippen LogP contribution in [0, 0.1) is 5.82 Å². The highest BCUT2D eigenvalue weighted by Gasteiger charge is 2.34. The molecule has 1 saturated carbocycles. The molecule has 0 aromatic heterocycles. The van der Waals surface area contributed by atoms with Crippen LogP contribution in [0.2, 0.25) is 0 Å². The van der Waals surface area contributed by atoms with Gasteiger partial charge in [-0.15, -0.1) is 0 Å². The van der Waals surface area contributed by atoms with Gasteiger partial charge in [-0.25, -0.2) is 4.39 Å². The molecule has 3 N–H and O–H groups in total. The zero-order valence-corrected chi connectivity index (χ0v) is 11.6. The molecule has 0 radical (unpaired) electrons. The van der Waals surface area contributed by atoms with Crippen LogP contribution in [-0.2, 0) is 0 Å². The van der Waals surface area contributed by atoms with E-state index in [-0.39, 0.29) is 15.9 Å². The Morgan fingerprint density at radius 2 is 2.11 bits per heavy atom. The molecule has 0 saturated heterocycles. The van der Waals surface area contributed by atoms with Crippen LogP contribution in [0.3, 0.4) is 0 Å². The molecule has 5 heteroatoms. The molecular weight excluding hydrogens is 299 g/mol. The van der Waals surface area contributed by atoms with E-state index < -0.39 is 5.82 Å². The average molecular weight is 315 g/mol. The van der Waals surface area contributed by atoms with Gasteiger partial charge in [-0.3, -0.25) is 4.79 Å². The normalized spacial score (nSPS) is 17.7. The van der Waals surface area contributed by atoms with Crippen molar-refractivity contribution in [2.45, 2.75) is 31.2 Å². The Bertz CT molecular complexity index is 458. The topological polar surface area (TPSA) is 55.1 Å². The fourth-order valence-corrected chi connectivity index (χ4v) is 2.86. The van der Waals surface area contributed by atoms with Crippen LogP contribution in [0.25, 0.3) is 0 Å². The van der Waals surface area contributed by atoms with Crippen molar-refractivity contribution in [3.05, 3.63) is 34.1 Å². The number of rotatable bonds is 3. The van der Waals surface area contributed by atoms with E-state index in [2.05, 4.69) is 21.2 Å². The van der Waals surface area contributed by atoms with E-state index in [4.69, 9.17) is 5.73 Å². The van der Waals surface area contributed by atoms with Gasteiger partial charge in [0.25, 0.3) is 5.91 Å². The van der Waals surface area contributed by atoms with E-state index in [1.807, 2.05) is 0 Å². The number of amides is 1. The molecule has 0 spiro atoms. The summed E-state index contributed by atoms with van der Waals surface area (Å²) in [6, 6.07) is 4.44. The molecular formula is C13H16BrFN2O. The predicted molar refractivity (Wildman–Crippen MR) is 71.8 cm³/mol. The van der Waals surface area contributed by atoms with Crippen LogP contribution in [-0.4, -0.2) is 18.0 Å². The average Bonchev–Trinajstić information content (AvgIpc) is 2.81. The molecule has 0 heterocycles. The summed E-state index contributed by atoms with van der Waals surface area (Å²) in [5.41, 5.74) is 5.76. The Morgan fingerprint density at radius 3 is 2.72 bits per heavy atom. The highest BCUT2D eigenvalue weighted by atomic mass is 79.9. The second-order valence-electron chi connectivity index (χ2n) is 4.75. The molecule has 1 aromatic carbocycles. The van der Waals surface area contributed by atoms with Gasteiger partial charge in [0.15, 0.2) is 0 Å². The number of carbonyl (C=O) groups excluding carboxylic acids is 1. The third kappa shape index (κ3) is 2.57. The van der Waals surface area contributed by atoms with E-state index in [0.29, 0.717) is 12.1 Å². The van der Waals surface area contributed by atoms with Gasteiger partial charge < -0.3 is 11.1 Å². The minimum atomic E-state index is -0.434. The van der Waals surface area contributed by atoms with Gasteiger partial charge in [-0.05, 0) is 40.9 Å². The first-order chi connectivity index (χ1) is 8.58. The molecule has 1 aliphatic carbocycles. The van der Waals surface area contributed by atoms with E-state index >= 15 is 0 Å². The van der Waals surface area contributed by atoms with Crippen molar-refractivity contribution < 1.29 is 9.18 Å². The fraction of sp³-hybridized carbons (Fsp3) is 0.462. The lowest BCUT2D eigenvalue weighted by Gasteiger charge is -2.28. The number of carbonyl (C=O) groups is 1.